The highest BCUT2D eigenvalue weighted by molar-refractivity contribution is 7.98. The van der Waals surface area contributed by atoms with Crippen LogP contribution in [-0.4, -0.2) is 27.6 Å². The van der Waals surface area contributed by atoms with E-state index in [9.17, 15) is 4.79 Å². The normalized spacial score (nSPS) is 10.7. The van der Waals surface area contributed by atoms with Crippen LogP contribution < -0.4 is 5.32 Å². The average Bonchev–Trinajstić information content (AvgIpc) is 3.03. The second-order valence-corrected chi connectivity index (χ2v) is 6.01. The van der Waals surface area contributed by atoms with Gasteiger partial charge in [-0.25, -0.2) is 4.98 Å². The van der Waals surface area contributed by atoms with E-state index in [4.69, 9.17) is 0 Å². The molecule has 0 aliphatic heterocycles. The zero-order chi connectivity index (χ0) is 15.2. The monoisotopic (exact) mass is 311 g/mol. The van der Waals surface area contributed by atoms with Crippen molar-refractivity contribution in [2.75, 3.05) is 12.3 Å². The Bertz CT molecular complexity index is 755. The Morgan fingerprint density at radius 1 is 1.18 bits per heavy atom. The molecule has 4 nitrogen and oxygen atoms in total. The van der Waals surface area contributed by atoms with Crippen LogP contribution in [0.4, 0.5) is 0 Å². The van der Waals surface area contributed by atoms with Gasteiger partial charge in [-0.05, 0) is 17.7 Å². The molecule has 3 aromatic rings. The molecule has 1 aromatic carbocycles. The van der Waals surface area contributed by atoms with E-state index in [1.807, 2.05) is 46.6 Å². The first-order valence-electron chi connectivity index (χ1n) is 7.15. The first-order chi connectivity index (χ1) is 10.8. The second kappa shape index (κ2) is 7.13. The fourth-order valence-electron chi connectivity index (χ4n) is 2.16. The van der Waals surface area contributed by atoms with Crippen molar-refractivity contribution >= 4 is 23.3 Å². The summed E-state index contributed by atoms with van der Waals surface area (Å²) in [5, 5.41) is 2.95. The SMILES string of the molecule is O=C(NCCSCc1ccccc1)c1ccc2nccn2c1. The van der Waals surface area contributed by atoms with E-state index in [0.717, 1.165) is 17.2 Å². The van der Waals surface area contributed by atoms with Crippen molar-refractivity contribution in [3.63, 3.8) is 0 Å². The number of nitrogens with one attached hydrogen (secondary N) is 1. The molecule has 5 heteroatoms. The van der Waals surface area contributed by atoms with Gasteiger partial charge in [-0.1, -0.05) is 30.3 Å². The first kappa shape index (κ1) is 14.7. The highest BCUT2D eigenvalue weighted by atomic mass is 32.2. The number of nitrogens with zero attached hydrogens (tertiary/aromatic N) is 2. The van der Waals surface area contributed by atoms with Gasteiger partial charge in [0.05, 0.1) is 5.56 Å². The third-order valence-corrected chi connectivity index (χ3v) is 4.32. The maximum atomic E-state index is 12.1. The molecule has 22 heavy (non-hydrogen) atoms. The van der Waals surface area contributed by atoms with Crippen LogP contribution in [0.15, 0.2) is 61.1 Å². The average molecular weight is 311 g/mol. The lowest BCUT2D eigenvalue weighted by atomic mass is 10.2. The number of hydrogen-bond acceptors (Lipinski definition) is 3. The fourth-order valence-corrected chi connectivity index (χ4v) is 2.98. The molecule has 0 spiro atoms. The smallest absolute Gasteiger partial charge is 0.252 e. The third-order valence-electron chi connectivity index (χ3n) is 3.29. The maximum Gasteiger partial charge on any atom is 0.252 e. The summed E-state index contributed by atoms with van der Waals surface area (Å²) in [5.41, 5.74) is 2.80. The molecule has 112 valence electrons. The van der Waals surface area contributed by atoms with Crippen LogP contribution in [-0.2, 0) is 5.75 Å². The topological polar surface area (TPSA) is 46.4 Å². The molecule has 0 bridgehead atoms. The predicted molar refractivity (Wildman–Crippen MR) is 90.1 cm³/mol. The predicted octanol–water partition coefficient (Wildman–Crippen LogP) is 3.00. The minimum Gasteiger partial charge on any atom is -0.351 e. The molecule has 0 fully saturated rings. The number of carbonyl (C=O) groups is 1. The molecule has 0 radical (unpaired) electrons. The number of carbonyl (C=O) groups excluding carboxylic acids is 1. The lowest BCUT2D eigenvalue weighted by Crippen LogP contribution is -2.26. The highest BCUT2D eigenvalue weighted by Crippen LogP contribution is 2.11. The maximum absolute atomic E-state index is 12.1. The Labute approximate surface area is 133 Å². The van der Waals surface area contributed by atoms with Crippen LogP contribution in [0.25, 0.3) is 5.65 Å². The summed E-state index contributed by atoms with van der Waals surface area (Å²) in [6.45, 7) is 0.665. The van der Waals surface area contributed by atoms with E-state index in [0.29, 0.717) is 12.1 Å². The number of aromatic nitrogens is 2. The Balaban J connectivity index is 1.44. The van der Waals surface area contributed by atoms with E-state index in [2.05, 4.69) is 22.4 Å². The van der Waals surface area contributed by atoms with Gasteiger partial charge in [-0.2, -0.15) is 11.8 Å². The van der Waals surface area contributed by atoms with Gasteiger partial charge in [0, 0.05) is 36.6 Å². The van der Waals surface area contributed by atoms with Crippen LogP contribution in [0.2, 0.25) is 0 Å². The van der Waals surface area contributed by atoms with Crippen molar-refractivity contribution in [3.8, 4) is 0 Å². The fraction of sp³-hybridized carbons (Fsp3) is 0.176. The minimum absolute atomic E-state index is 0.0455. The third kappa shape index (κ3) is 3.68. The highest BCUT2D eigenvalue weighted by Gasteiger charge is 2.06. The van der Waals surface area contributed by atoms with Crippen molar-refractivity contribution in [1.82, 2.24) is 14.7 Å². The molecule has 0 unspecified atom stereocenters. The number of imidazole rings is 1. The summed E-state index contributed by atoms with van der Waals surface area (Å²) >= 11 is 1.82. The molecular weight excluding hydrogens is 294 g/mol. The quantitative estimate of drug-likeness (QED) is 0.712. The Morgan fingerprint density at radius 2 is 2.05 bits per heavy atom. The molecule has 0 atom stereocenters. The Kier molecular flexibility index (Phi) is 4.75. The minimum atomic E-state index is -0.0455. The number of amides is 1. The molecule has 2 heterocycles. The van der Waals surface area contributed by atoms with Gasteiger partial charge in [0.25, 0.3) is 5.91 Å². The lowest BCUT2D eigenvalue weighted by molar-refractivity contribution is 0.0955. The van der Waals surface area contributed by atoms with Gasteiger partial charge < -0.3 is 9.72 Å². The summed E-state index contributed by atoms with van der Waals surface area (Å²) < 4.78 is 1.85. The number of pyridine rings is 1. The summed E-state index contributed by atoms with van der Waals surface area (Å²) in [4.78, 5) is 16.3. The number of rotatable bonds is 6. The largest absolute Gasteiger partial charge is 0.351 e. The van der Waals surface area contributed by atoms with E-state index in [-0.39, 0.29) is 5.91 Å². The first-order valence-corrected chi connectivity index (χ1v) is 8.31. The number of thioether (sulfide) groups is 1. The van der Waals surface area contributed by atoms with Crippen molar-refractivity contribution in [3.05, 3.63) is 72.2 Å². The molecule has 1 amide bonds. The van der Waals surface area contributed by atoms with Crippen LogP contribution in [0, 0.1) is 0 Å². The summed E-state index contributed by atoms with van der Waals surface area (Å²) in [5.74, 6) is 1.82. The molecule has 0 saturated carbocycles. The Morgan fingerprint density at radius 3 is 2.91 bits per heavy atom. The summed E-state index contributed by atoms with van der Waals surface area (Å²) in [6, 6.07) is 14.0. The van der Waals surface area contributed by atoms with E-state index in [1.54, 1.807) is 18.5 Å². The molecular formula is C17H17N3OS. The number of fused-ring (bicyclic) bond motifs is 1. The van der Waals surface area contributed by atoms with Gasteiger partial charge in [0.1, 0.15) is 5.65 Å². The second-order valence-electron chi connectivity index (χ2n) is 4.90. The standard InChI is InChI=1S/C17H17N3OS/c21-17(15-6-7-16-18-8-10-20(16)12-15)19-9-11-22-13-14-4-2-1-3-5-14/h1-8,10,12H,9,11,13H2,(H,19,21). The van der Waals surface area contributed by atoms with E-state index < -0.39 is 0 Å². The molecule has 2 aromatic heterocycles. The van der Waals surface area contributed by atoms with Gasteiger partial charge >= 0.3 is 0 Å². The molecule has 1 N–H and O–H groups in total. The van der Waals surface area contributed by atoms with Crippen molar-refractivity contribution in [2.45, 2.75) is 5.75 Å². The van der Waals surface area contributed by atoms with Gasteiger partial charge in [-0.3, -0.25) is 4.79 Å². The molecule has 0 aliphatic rings. The van der Waals surface area contributed by atoms with Crippen molar-refractivity contribution in [1.29, 1.82) is 0 Å². The van der Waals surface area contributed by atoms with E-state index in [1.165, 1.54) is 5.56 Å². The summed E-state index contributed by atoms with van der Waals surface area (Å²) in [7, 11) is 0. The zero-order valence-corrected chi connectivity index (χ0v) is 12.9. The van der Waals surface area contributed by atoms with Gasteiger partial charge in [-0.15, -0.1) is 0 Å². The molecule has 0 aliphatic carbocycles. The van der Waals surface area contributed by atoms with Crippen LogP contribution in [0.1, 0.15) is 15.9 Å². The van der Waals surface area contributed by atoms with Crippen molar-refractivity contribution < 1.29 is 4.79 Å². The van der Waals surface area contributed by atoms with Crippen LogP contribution >= 0.6 is 11.8 Å². The summed E-state index contributed by atoms with van der Waals surface area (Å²) in [6.07, 6.45) is 5.36. The zero-order valence-electron chi connectivity index (χ0n) is 12.1. The number of hydrogen-bond donors (Lipinski definition) is 1. The molecule has 0 saturated heterocycles. The number of benzene rings is 1. The lowest BCUT2D eigenvalue weighted by Gasteiger charge is -2.06. The molecule has 3 rings (SSSR count). The van der Waals surface area contributed by atoms with E-state index >= 15 is 0 Å². The van der Waals surface area contributed by atoms with Crippen molar-refractivity contribution in [2.24, 2.45) is 0 Å². The van der Waals surface area contributed by atoms with Crippen LogP contribution in [0.5, 0.6) is 0 Å². The van der Waals surface area contributed by atoms with Gasteiger partial charge in [0.15, 0.2) is 0 Å². The van der Waals surface area contributed by atoms with Crippen LogP contribution in [0.3, 0.4) is 0 Å². The Hall–Kier alpha value is -2.27. The van der Waals surface area contributed by atoms with Gasteiger partial charge in [0.2, 0.25) is 0 Å².